The average Bonchev–Trinajstić information content (AvgIpc) is 2.92. The molecule has 1 aromatic carbocycles. The quantitative estimate of drug-likeness (QED) is 0.789. The lowest BCUT2D eigenvalue weighted by atomic mass is 10.2. The van der Waals surface area contributed by atoms with Gasteiger partial charge in [0.2, 0.25) is 0 Å². The molecule has 20 heavy (non-hydrogen) atoms. The SMILES string of the molecule is Cn1nc(-c2cc3c(Cl)cccc3n2C)cc1C(=O)O. The number of aromatic carboxylic acids is 1. The van der Waals surface area contributed by atoms with Crippen molar-refractivity contribution in [2.24, 2.45) is 14.1 Å². The summed E-state index contributed by atoms with van der Waals surface area (Å²) in [4.78, 5) is 11.1. The van der Waals surface area contributed by atoms with Crippen molar-refractivity contribution in [2.45, 2.75) is 0 Å². The topological polar surface area (TPSA) is 60.0 Å². The number of aryl methyl sites for hydroxylation is 2. The molecule has 0 saturated carbocycles. The van der Waals surface area contributed by atoms with Crippen LogP contribution < -0.4 is 0 Å². The van der Waals surface area contributed by atoms with Crippen LogP contribution in [0, 0.1) is 0 Å². The van der Waals surface area contributed by atoms with Crippen LogP contribution in [0.15, 0.2) is 30.3 Å². The first-order valence-electron chi connectivity index (χ1n) is 6.00. The molecule has 0 aliphatic carbocycles. The van der Waals surface area contributed by atoms with Crippen molar-refractivity contribution in [3.63, 3.8) is 0 Å². The minimum atomic E-state index is -0.997. The van der Waals surface area contributed by atoms with Gasteiger partial charge in [0.1, 0.15) is 11.4 Å². The molecule has 5 nitrogen and oxygen atoms in total. The van der Waals surface area contributed by atoms with Gasteiger partial charge in [0.05, 0.1) is 5.69 Å². The lowest BCUT2D eigenvalue weighted by molar-refractivity contribution is 0.0685. The first-order valence-corrected chi connectivity index (χ1v) is 6.38. The van der Waals surface area contributed by atoms with Gasteiger partial charge in [-0.25, -0.2) is 4.79 Å². The van der Waals surface area contributed by atoms with Crippen molar-refractivity contribution < 1.29 is 9.90 Å². The van der Waals surface area contributed by atoms with Crippen molar-refractivity contribution in [3.8, 4) is 11.4 Å². The summed E-state index contributed by atoms with van der Waals surface area (Å²) in [7, 11) is 3.52. The van der Waals surface area contributed by atoms with E-state index in [0.717, 1.165) is 16.6 Å². The van der Waals surface area contributed by atoms with E-state index in [9.17, 15) is 4.79 Å². The van der Waals surface area contributed by atoms with Gasteiger partial charge in [-0.3, -0.25) is 4.68 Å². The molecule has 0 aliphatic rings. The van der Waals surface area contributed by atoms with E-state index in [4.69, 9.17) is 16.7 Å². The van der Waals surface area contributed by atoms with Gasteiger partial charge in [0, 0.05) is 36.1 Å². The number of carboxylic acid groups (broad SMARTS) is 1. The zero-order valence-corrected chi connectivity index (χ0v) is 11.7. The fourth-order valence-electron chi connectivity index (χ4n) is 2.36. The lowest BCUT2D eigenvalue weighted by Crippen LogP contribution is -2.04. The summed E-state index contributed by atoms with van der Waals surface area (Å²) in [6.07, 6.45) is 0. The predicted octanol–water partition coefficient (Wildman–Crippen LogP) is 2.93. The number of halogens is 1. The van der Waals surface area contributed by atoms with E-state index in [1.54, 1.807) is 13.1 Å². The highest BCUT2D eigenvalue weighted by molar-refractivity contribution is 6.35. The van der Waals surface area contributed by atoms with E-state index in [0.29, 0.717) is 10.7 Å². The first-order chi connectivity index (χ1) is 9.49. The number of fused-ring (bicyclic) bond motifs is 1. The second-order valence-corrected chi connectivity index (χ2v) is 5.01. The van der Waals surface area contributed by atoms with Gasteiger partial charge in [0.25, 0.3) is 0 Å². The van der Waals surface area contributed by atoms with Gasteiger partial charge in [-0.05, 0) is 18.2 Å². The Morgan fingerprint density at radius 1 is 1.30 bits per heavy atom. The number of aromatic nitrogens is 3. The molecule has 2 heterocycles. The molecule has 0 fully saturated rings. The highest BCUT2D eigenvalue weighted by Gasteiger charge is 2.16. The minimum absolute atomic E-state index is 0.149. The van der Waals surface area contributed by atoms with Crippen LogP contribution >= 0.6 is 11.6 Å². The van der Waals surface area contributed by atoms with Crippen LogP contribution in [0.3, 0.4) is 0 Å². The van der Waals surface area contributed by atoms with Gasteiger partial charge in [-0.1, -0.05) is 17.7 Å². The molecule has 0 amide bonds. The zero-order valence-electron chi connectivity index (χ0n) is 11.0. The van der Waals surface area contributed by atoms with E-state index >= 15 is 0 Å². The smallest absolute Gasteiger partial charge is 0.354 e. The average molecular weight is 290 g/mol. The maximum atomic E-state index is 11.1. The Hall–Kier alpha value is -2.27. The molecule has 3 rings (SSSR count). The lowest BCUT2D eigenvalue weighted by Gasteiger charge is -2.00. The Morgan fingerprint density at radius 2 is 2.05 bits per heavy atom. The molecule has 0 radical (unpaired) electrons. The fraction of sp³-hybridized carbons (Fsp3) is 0.143. The summed E-state index contributed by atoms with van der Waals surface area (Å²) in [5, 5.41) is 14.9. The van der Waals surface area contributed by atoms with E-state index in [-0.39, 0.29) is 5.69 Å². The summed E-state index contributed by atoms with van der Waals surface area (Å²) in [5.74, 6) is -0.997. The highest BCUT2D eigenvalue weighted by atomic mass is 35.5. The monoisotopic (exact) mass is 289 g/mol. The summed E-state index contributed by atoms with van der Waals surface area (Å²) in [6.45, 7) is 0. The van der Waals surface area contributed by atoms with Crippen molar-refractivity contribution in [1.29, 1.82) is 0 Å². The maximum absolute atomic E-state index is 11.1. The summed E-state index contributed by atoms with van der Waals surface area (Å²) >= 11 is 6.18. The van der Waals surface area contributed by atoms with Crippen molar-refractivity contribution >= 4 is 28.5 Å². The third-order valence-corrected chi connectivity index (χ3v) is 3.72. The van der Waals surface area contributed by atoms with E-state index in [1.807, 2.05) is 35.9 Å². The Balaban J connectivity index is 2.25. The molecule has 2 aromatic heterocycles. The van der Waals surface area contributed by atoms with E-state index in [2.05, 4.69) is 5.10 Å². The van der Waals surface area contributed by atoms with Crippen LogP contribution in [0.2, 0.25) is 5.02 Å². The summed E-state index contributed by atoms with van der Waals surface area (Å²) < 4.78 is 3.31. The normalized spacial score (nSPS) is 11.2. The van der Waals surface area contributed by atoms with Crippen LogP contribution in [0.25, 0.3) is 22.3 Å². The van der Waals surface area contributed by atoms with Crippen molar-refractivity contribution in [2.75, 3.05) is 0 Å². The van der Waals surface area contributed by atoms with Crippen molar-refractivity contribution in [1.82, 2.24) is 14.3 Å². The third kappa shape index (κ3) is 1.78. The minimum Gasteiger partial charge on any atom is -0.477 e. The van der Waals surface area contributed by atoms with Gasteiger partial charge in [-0.2, -0.15) is 5.10 Å². The van der Waals surface area contributed by atoms with Gasteiger partial charge < -0.3 is 9.67 Å². The Labute approximate surface area is 120 Å². The van der Waals surface area contributed by atoms with Crippen LogP contribution in [-0.2, 0) is 14.1 Å². The maximum Gasteiger partial charge on any atom is 0.354 e. The fourth-order valence-corrected chi connectivity index (χ4v) is 2.59. The Kier molecular flexibility index (Phi) is 2.79. The standard InChI is InChI=1S/C14H12ClN3O2/c1-17-11-5-3-4-9(15)8(11)6-12(17)10-7-13(14(19)20)18(2)16-10/h3-7H,1-2H3,(H,19,20). The van der Waals surface area contributed by atoms with Crippen molar-refractivity contribution in [3.05, 3.63) is 41.0 Å². The molecule has 0 saturated heterocycles. The Morgan fingerprint density at radius 3 is 2.65 bits per heavy atom. The number of nitrogens with zero attached hydrogens (tertiary/aromatic N) is 3. The molecule has 0 atom stereocenters. The molecule has 1 N–H and O–H groups in total. The summed E-state index contributed by atoms with van der Waals surface area (Å²) in [6, 6.07) is 9.16. The van der Waals surface area contributed by atoms with Crippen LogP contribution in [0.4, 0.5) is 0 Å². The zero-order chi connectivity index (χ0) is 14.4. The Bertz CT molecular complexity index is 832. The largest absolute Gasteiger partial charge is 0.477 e. The molecular weight excluding hydrogens is 278 g/mol. The number of hydrogen-bond acceptors (Lipinski definition) is 2. The van der Waals surface area contributed by atoms with Crippen LogP contribution in [0.5, 0.6) is 0 Å². The number of rotatable bonds is 2. The molecule has 6 heteroatoms. The van der Waals surface area contributed by atoms with Crippen LogP contribution in [-0.4, -0.2) is 25.4 Å². The second kappa shape index (κ2) is 4.38. The molecule has 0 spiro atoms. The van der Waals surface area contributed by atoms with E-state index < -0.39 is 5.97 Å². The second-order valence-electron chi connectivity index (χ2n) is 4.60. The third-order valence-electron chi connectivity index (χ3n) is 3.40. The molecule has 0 aliphatic heterocycles. The predicted molar refractivity (Wildman–Crippen MR) is 77.1 cm³/mol. The number of carbonyl (C=O) groups is 1. The first kappa shape index (κ1) is 12.7. The molecule has 0 unspecified atom stereocenters. The molecule has 0 bridgehead atoms. The number of carboxylic acids is 1. The van der Waals surface area contributed by atoms with Gasteiger partial charge in [-0.15, -0.1) is 0 Å². The van der Waals surface area contributed by atoms with E-state index in [1.165, 1.54) is 4.68 Å². The van der Waals surface area contributed by atoms with Gasteiger partial charge in [0.15, 0.2) is 0 Å². The summed E-state index contributed by atoms with van der Waals surface area (Å²) in [5.41, 5.74) is 2.57. The number of benzene rings is 1. The molecule has 102 valence electrons. The van der Waals surface area contributed by atoms with Gasteiger partial charge >= 0.3 is 5.97 Å². The molecular formula is C14H12ClN3O2. The molecule has 3 aromatic rings. The van der Waals surface area contributed by atoms with Crippen LogP contribution in [0.1, 0.15) is 10.5 Å². The number of hydrogen-bond donors (Lipinski definition) is 1. The highest BCUT2D eigenvalue weighted by Crippen LogP contribution is 2.31.